The van der Waals surface area contributed by atoms with Crippen molar-refractivity contribution < 1.29 is 9.53 Å². The van der Waals surface area contributed by atoms with E-state index in [1.165, 1.54) is 5.56 Å². The van der Waals surface area contributed by atoms with Gasteiger partial charge >= 0.3 is 6.09 Å². The second-order valence-corrected chi connectivity index (χ2v) is 8.48. The number of benzene rings is 1. The van der Waals surface area contributed by atoms with Crippen molar-refractivity contribution >= 4 is 23.5 Å². The number of hydrogen-bond acceptors (Lipinski definition) is 6. The molecule has 0 N–H and O–H groups in total. The second-order valence-electron chi connectivity index (χ2n) is 7.48. The predicted octanol–water partition coefficient (Wildman–Crippen LogP) is 3.83. The fraction of sp³-hybridized carbons (Fsp3) is 0.450. The molecule has 0 aliphatic carbocycles. The van der Waals surface area contributed by atoms with Crippen molar-refractivity contribution in [3.8, 4) is 0 Å². The van der Waals surface area contributed by atoms with Crippen LogP contribution >= 0.6 is 11.8 Å². The lowest BCUT2D eigenvalue weighted by Crippen LogP contribution is -2.50. The van der Waals surface area contributed by atoms with E-state index in [0.29, 0.717) is 13.1 Å². The van der Waals surface area contributed by atoms with E-state index in [1.54, 1.807) is 22.9 Å². The van der Waals surface area contributed by atoms with Crippen LogP contribution in [0.4, 0.5) is 10.5 Å². The summed E-state index contributed by atoms with van der Waals surface area (Å²) >= 11 is 1.68. The van der Waals surface area contributed by atoms with Crippen molar-refractivity contribution in [1.29, 1.82) is 0 Å². The highest BCUT2D eigenvalue weighted by Gasteiger charge is 2.26. The van der Waals surface area contributed by atoms with Gasteiger partial charge in [0.1, 0.15) is 10.6 Å². The van der Waals surface area contributed by atoms with Crippen LogP contribution in [0.25, 0.3) is 0 Å². The van der Waals surface area contributed by atoms with Crippen LogP contribution in [0.1, 0.15) is 26.3 Å². The summed E-state index contributed by atoms with van der Waals surface area (Å²) in [6.45, 7) is 8.46. The van der Waals surface area contributed by atoms with Gasteiger partial charge in [0.2, 0.25) is 0 Å². The number of hydrogen-bond donors (Lipinski definition) is 0. The van der Waals surface area contributed by atoms with Crippen molar-refractivity contribution in [1.82, 2.24) is 15.1 Å². The average Bonchev–Trinajstić information content (AvgIpc) is 2.66. The van der Waals surface area contributed by atoms with Gasteiger partial charge in [-0.1, -0.05) is 42.1 Å². The molecule has 3 rings (SSSR count). The number of amides is 1. The molecule has 1 aromatic heterocycles. The van der Waals surface area contributed by atoms with Gasteiger partial charge in [0.25, 0.3) is 0 Å². The Bertz CT molecular complexity index is 756. The van der Waals surface area contributed by atoms with Crippen LogP contribution in [0, 0.1) is 0 Å². The fourth-order valence-electron chi connectivity index (χ4n) is 2.79. The first kappa shape index (κ1) is 19.5. The Labute approximate surface area is 164 Å². The molecule has 1 aliphatic rings. The Morgan fingerprint density at radius 1 is 1.15 bits per heavy atom. The number of piperazine rings is 1. The summed E-state index contributed by atoms with van der Waals surface area (Å²) in [5.74, 6) is 0.866. The molecule has 1 amide bonds. The van der Waals surface area contributed by atoms with Crippen molar-refractivity contribution in [3.05, 3.63) is 48.2 Å². The number of aromatic nitrogens is 2. The number of anilines is 1. The highest BCUT2D eigenvalue weighted by atomic mass is 32.2. The van der Waals surface area contributed by atoms with Crippen LogP contribution in [0.15, 0.2) is 47.6 Å². The maximum atomic E-state index is 12.2. The summed E-state index contributed by atoms with van der Waals surface area (Å²) in [4.78, 5) is 16.2. The minimum Gasteiger partial charge on any atom is -0.444 e. The highest BCUT2D eigenvalue weighted by Crippen LogP contribution is 2.24. The smallest absolute Gasteiger partial charge is 0.410 e. The zero-order valence-electron chi connectivity index (χ0n) is 16.1. The number of thioether (sulfide) groups is 1. The van der Waals surface area contributed by atoms with Crippen molar-refractivity contribution in [2.45, 2.75) is 37.2 Å². The summed E-state index contributed by atoms with van der Waals surface area (Å²) in [7, 11) is 0. The number of carbonyl (C=O) groups excluding carboxylic acids is 1. The quantitative estimate of drug-likeness (QED) is 0.745. The van der Waals surface area contributed by atoms with E-state index in [2.05, 4.69) is 33.3 Å². The molecule has 0 spiro atoms. The third-order valence-electron chi connectivity index (χ3n) is 4.14. The molecule has 0 radical (unpaired) electrons. The first-order chi connectivity index (χ1) is 12.9. The van der Waals surface area contributed by atoms with Crippen LogP contribution in [0.5, 0.6) is 0 Å². The number of carbonyl (C=O) groups is 1. The predicted molar refractivity (Wildman–Crippen MR) is 108 cm³/mol. The standard InChI is InChI=1S/C20H26N4O2S/c1-20(2,3)26-19(25)24-11-9-23(10-12-24)17-13-18(22-21-14-17)27-15-16-7-5-4-6-8-16/h4-8,13-14H,9-12,15H2,1-3H3. The lowest BCUT2D eigenvalue weighted by molar-refractivity contribution is 0.0240. The molecule has 2 heterocycles. The lowest BCUT2D eigenvalue weighted by Gasteiger charge is -2.36. The molecular formula is C20H26N4O2S. The van der Waals surface area contributed by atoms with E-state index in [4.69, 9.17) is 4.74 Å². The summed E-state index contributed by atoms with van der Waals surface area (Å²) < 4.78 is 5.45. The van der Waals surface area contributed by atoms with Crippen LogP contribution in [-0.2, 0) is 10.5 Å². The monoisotopic (exact) mass is 386 g/mol. The maximum Gasteiger partial charge on any atom is 0.410 e. The Morgan fingerprint density at radius 2 is 1.85 bits per heavy atom. The van der Waals surface area contributed by atoms with Gasteiger partial charge in [-0.25, -0.2) is 4.79 Å². The average molecular weight is 387 g/mol. The molecule has 0 bridgehead atoms. The maximum absolute atomic E-state index is 12.2. The van der Waals surface area contributed by atoms with Gasteiger partial charge in [-0.05, 0) is 32.4 Å². The molecule has 7 heteroatoms. The molecule has 1 aromatic carbocycles. The molecule has 1 aliphatic heterocycles. The Morgan fingerprint density at radius 3 is 2.52 bits per heavy atom. The Kier molecular flexibility index (Phi) is 6.21. The van der Waals surface area contributed by atoms with Crippen molar-refractivity contribution in [2.24, 2.45) is 0 Å². The van der Waals surface area contributed by atoms with Gasteiger partial charge in [0, 0.05) is 31.9 Å². The van der Waals surface area contributed by atoms with Crippen LogP contribution < -0.4 is 4.90 Å². The first-order valence-corrected chi connectivity index (χ1v) is 10.1. The van der Waals surface area contributed by atoms with Crippen LogP contribution in [0.3, 0.4) is 0 Å². The normalized spacial score (nSPS) is 14.9. The lowest BCUT2D eigenvalue weighted by atomic mass is 10.2. The molecule has 27 heavy (non-hydrogen) atoms. The topological polar surface area (TPSA) is 58.6 Å². The number of rotatable bonds is 4. The third kappa shape index (κ3) is 5.85. The third-order valence-corrected chi connectivity index (χ3v) is 5.12. The summed E-state index contributed by atoms with van der Waals surface area (Å²) in [5, 5.41) is 9.30. The molecule has 1 saturated heterocycles. The van der Waals surface area contributed by atoms with E-state index < -0.39 is 5.60 Å². The first-order valence-electron chi connectivity index (χ1n) is 9.13. The van der Waals surface area contributed by atoms with Gasteiger partial charge < -0.3 is 14.5 Å². The van der Waals surface area contributed by atoms with Crippen LogP contribution in [0.2, 0.25) is 0 Å². The van der Waals surface area contributed by atoms with Gasteiger partial charge in [-0.3, -0.25) is 0 Å². The van der Waals surface area contributed by atoms with Crippen molar-refractivity contribution in [3.63, 3.8) is 0 Å². The summed E-state index contributed by atoms with van der Waals surface area (Å²) in [5.41, 5.74) is 1.85. The second kappa shape index (κ2) is 8.61. The highest BCUT2D eigenvalue weighted by molar-refractivity contribution is 7.98. The van der Waals surface area contributed by atoms with Gasteiger partial charge in [0.05, 0.1) is 11.9 Å². The number of ether oxygens (including phenoxy) is 1. The Hall–Kier alpha value is -2.28. The molecule has 6 nitrogen and oxygen atoms in total. The largest absolute Gasteiger partial charge is 0.444 e. The minimum absolute atomic E-state index is 0.242. The van der Waals surface area contributed by atoms with Gasteiger partial charge in [0.15, 0.2) is 0 Å². The molecule has 0 unspecified atom stereocenters. The minimum atomic E-state index is -0.464. The van der Waals surface area contributed by atoms with E-state index >= 15 is 0 Å². The van der Waals surface area contributed by atoms with Gasteiger partial charge in [-0.15, -0.1) is 5.10 Å². The van der Waals surface area contributed by atoms with Crippen molar-refractivity contribution in [2.75, 3.05) is 31.1 Å². The fourth-order valence-corrected chi connectivity index (χ4v) is 3.60. The molecule has 1 fully saturated rings. The summed E-state index contributed by atoms with van der Waals surface area (Å²) in [6, 6.07) is 12.4. The summed E-state index contributed by atoms with van der Waals surface area (Å²) in [6.07, 6.45) is 1.55. The van der Waals surface area contributed by atoms with E-state index in [0.717, 1.165) is 29.6 Å². The molecule has 144 valence electrons. The van der Waals surface area contributed by atoms with E-state index in [-0.39, 0.29) is 6.09 Å². The Balaban J connectivity index is 1.54. The zero-order valence-corrected chi connectivity index (χ0v) is 16.9. The number of nitrogens with zero attached hydrogens (tertiary/aromatic N) is 4. The molecular weight excluding hydrogens is 360 g/mol. The SMILES string of the molecule is CC(C)(C)OC(=O)N1CCN(c2cnnc(SCc3ccccc3)c2)CC1. The van der Waals surface area contributed by atoms with Crippen LogP contribution in [-0.4, -0.2) is 53.0 Å². The zero-order chi connectivity index (χ0) is 19.3. The molecule has 2 aromatic rings. The molecule has 0 saturated carbocycles. The van der Waals surface area contributed by atoms with Gasteiger partial charge in [-0.2, -0.15) is 5.10 Å². The van der Waals surface area contributed by atoms with E-state index in [9.17, 15) is 4.79 Å². The molecule has 0 atom stereocenters. The van der Waals surface area contributed by atoms with E-state index in [1.807, 2.05) is 39.0 Å².